The fourth-order valence-corrected chi connectivity index (χ4v) is 3.39. The molecule has 1 heterocycles. The molecule has 0 bridgehead atoms. The lowest BCUT2D eigenvalue weighted by molar-refractivity contribution is 0.115. The first kappa shape index (κ1) is 17.5. The third kappa shape index (κ3) is 4.38. The van der Waals surface area contributed by atoms with Crippen molar-refractivity contribution in [2.75, 3.05) is 52.6 Å². The van der Waals surface area contributed by atoms with Crippen molar-refractivity contribution in [2.45, 2.75) is 6.42 Å². The molecule has 0 atom stereocenters. The van der Waals surface area contributed by atoms with Crippen LogP contribution in [-0.4, -0.2) is 62.3 Å². The minimum absolute atomic E-state index is 0.219. The van der Waals surface area contributed by atoms with Crippen LogP contribution in [0, 0.1) is 0 Å². The highest BCUT2D eigenvalue weighted by Gasteiger charge is 2.16. The maximum absolute atomic E-state index is 12.2. The number of hydrogen-bond donors (Lipinski definition) is 0. The number of ether oxygens (including phenoxy) is 1. The minimum atomic E-state index is -0.219. The zero-order valence-corrected chi connectivity index (χ0v) is 14.6. The third-order valence-corrected chi connectivity index (χ3v) is 4.90. The summed E-state index contributed by atoms with van der Waals surface area (Å²) in [6.45, 7) is 6.31. The van der Waals surface area contributed by atoms with Crippen molar-refractivity contribution in [3.63, 3.8) is 0 Å². The van der Waals surface area contributed by atoms with Crippen LogP contribution < -0.4 is 4.74 Å². The Labute approximate surface area is 147 Å². The molecule has 0 spiro atoms. The van der Waals surface area contributed by atoms with Gasteiger partial charge in [-0.2, -0.15) is 0 Å². The Morgan fingerprint density at radius 1 is 0.917 bits per heavy atom. The highest BCUT2D eigenvalue weighted by Crippen LogP contribution is 2.31. The van der Waals surface area contributed by atoms with Gasteiger partial charge in [-0.05, 0) is 18.6 Å². The average Bonchev–Trinajstić information content (AvgIpc) is 2.63. The highest BCUT2D eigenvalue weighted by atomic mass is 35.5. The molecule has 5 heteroatoms. The van der Waals surface area contributed by atoms with Crippen LogP contribution in [0.1, 0.15) is 6.42 Å². The second kappa shape index (κ2) is 8.65. The van der Waals surface area contributed by atoms with Crippen molar-refractivity contribution in [3.8, 4) is 5.75 Å². The Hall–Kier alpha value is -1.36. The van der Waals surface area contributed by atoms with Crippen molar-refractivity contribution >= 4 is 22.4 Å². The fourth-order valence-electron chi connectivity index (χ4n) is 3.17. The molecule has 3 nitrogen and oxygen atoms in total. The van der Waals surface area contributed by atoms with E-state index in [0.717, 1.165) is 60.8 Å². The molecule has 0 saturated carbocycles. The molecule has 24 heavy (non-hydrogen) atoms. The molecule has 130 valence electrons. The summed E-state index contributed by atoms with van der Waals surface area (Å²) in [4.78, 5) is 4.74. The Morgan fingerprint density at radius 2 is 1.58 bits per heavy atom. The standard InChI is InChI=1S/C19H24ClFN2O/c20-18-6-7-19(17-5-2-1-4-16(17)18)24-15-14-23-12-10-22(11-13-23)9-3-8-21/h1-2,4-7H,3,8-15H2. The van der Waals surface area contributed by atoms with Crippen molar-refractivity contribution in [1.82, 2.24) is 9.80 Å². The first-order valence-electron chi connectivity index (χ1n) is 8.58. The number of alkyl halides is 1. The predicted molar refractivity (Wildman–Crippen MR) is 97.9 cm³/mol. The molecular weight excluding hydrogens is 327 g/mol. The third-order valence-electron chi connectivity index (χ3n) is 4.57. The van der Waals surface area contributed by atoms with E-state index in [9.17, 15) is 4.39 Å². The largest absolute Gasteiger partial charge is 0.492 e. The lowest BCUT2D eigenvalue weighted by Crippen LogP contribution is -2.47. The van der Waals surface area contributed by atoms with E-state index in [1.165, 1.54) is 0 Å². The van der Waals surface area contributed by atoms with Gasteiger partial charge in [-0.25, -0.2) is 0 Å². The Kier molecular flexibility index (Phi) is 6.30. The molecule has 0 amide bonds. The number of fused-ring (bicyclic) bond motifs is 1. The van der Waals surface area contributed by atoms with Crippen LogP contribution in [0.2, 0.25) is 5.02 Å². The molecule has 1 aliphatic heterocycles. The molecule has 1 saturated heterocycles. The molecule has 3 rings (SSSR count). The number of piperazine rings is 1. The van der Waals surface area contributed by atoms with Gasteiger partial charge in [0.05, 0.1) is 6.67 Å². The molecule has 0 aliphatic carbocycles. The van der Waals surface area contributed by atoms with E-state index in [0.29, 0.717) is 13.0 Å². The van der Waals surface area contributed by atoms with E-state index in [1.807, 2.05) is 36.4 Å². The van der Waals surface area contributed by atoms with Crippen molar-refractivity contribution in [1.29, 1.82) is 0 Å². The maximum Gasteiger partial charge on any atom is 0.127 e. The van der Waals surface area contributed by atoms with Crippen LogP contribution in [0.3, 0.4) is 0 Å². The molecule has 0 N–H and O–H groups in total. The molecule has 2 aromatic carbocycles. The summed E-state index contributed by atoms with van der Waals surface area (Å²) in [7, 11) is 0. The highest BCUT2D eigenvalue weighted by molar-refractivity contribution is 6.35. The number of halogens is 2. The monoisotopic (exact) mass is 350 g/mol. The molecule has 0 aromatic heterocycles. The Bertz CT molecular complexity index is 659. The number of benzene rings is 2. The van der Waals surface area contributed by atoms with Crippen LogP contribution in [0.5, 0.6) is 5.75 Å². The average molecular weight is 351 g/mol. The molecular formula is C19H24ClFN2O. The summed E-state index contributed by atoms with van der Waals surface area (Å²) in [5, 5.41) is 2.83. The van der Waals surface area contributed by atoms with E-state index in [2.05, 4.69) is 9.80 Å². The van der Waals surface area contributed by atoms with E-state index >= 15 is 0 Å². The van der Waals surface area contributed by atoms with Gasteiger partial charge in [0.1, 0.15) is 12.4 Å². The second-order valence-electron chi connectivity index (χ2n) is 6.17. The van der Waals surface area contributed by atoms with Crippen LogP contribution in [0.15, 0.2) is 36.4 Å². The smallest absolute Gasteiger partial charge is 0.127 e. The van der Waals surface area contributed by atoms with Crippen LogP contribution in [0.25, 0.3) is 10.8 Å². The number of rotatable bonds is 7. The van der Waals surface area contributed by atoms with Crippen molar-refractivity contribution < 1.29 is 9.13 Å². The summed E-state index contributed by atoms with van der Waals surface area (Å²) >= 11 is 6.24. The summed E-state index contributed by atoms with van der Waals surface area (Å²) in [6, 6.07) is 11.9. The quantitative estimate of drug-likeness (QED) is 0.754. The van der Waals surface area contributed by atoms with Gasteiger partial charge in [0.15, 0.2) is 0 Å². The normalized spacial score (nSPS) is 16.6. The lowest BCUT2D eigenvalue weighted by atomic mass is 10.1. The van der Waals surface area contributed by atoms with E-state index in [4.69, 9.17) is 16.3 Å². The summed E-state index contributed by atoms with van der Waals surface area (Å²) in [5.74, 6) is 0.886. The van der Waals surface area contributed by atoms with Crippen molar-refractivity contribution in [2.24, 2.45) is 0 Å². The zero-order chi connectivity index (χ0) is 16.8. The fraction of sp³-hybridized carbons (Fsp3) is 0.474. The Balaban J connectivity index is 1.49. The minimum Gasteiger partial charge on any atom is -0.492 e. The molecule has 2 aromatic rings. The van der Waals surface area contributed by atoms with E-state index in [-0.39, 0.29) is 6.67 Å². The van der Waals surface area contributed by atoms with Crippen LogP contribution in [0.4, 0.5) is 4.39 Å². The number of hydrogen-bond acceptors (Lipinski definition) is 3. The first-order chi connectivity index (χ1) is 11.8. The van der Waals surface area contributed by atoms with Gasteiger partial charge in [-0.3, -0.25) is 9.29 Å². The van der Waals surface area contributed by atoms with Gasteiger partial charge in [0, 0.05) is 55.1 Å². The first-order valence-corrected chi connectivity index (χ1v) is 8.96. The SMILES string of the molecule is FCCCN1CCN(CCOc2ccc(Cl)c3ccccc23)CC1. The van der Waals surface area contributed by atoms with Gasteiger partial charge in [-0.15, -0.1) is 0 Å². The Morgan fingerprint density at radius 3 is 2.29 bits per heavy atom. The summed E-state index contributed by atoms with van der Waals surface area (Å²) < 4.78 is 18.2. The molecule has 1 aliphatic rings. The van der Waals surface area contributed by atoms with E-state index in [1.54, 1.807) is 0 Å². The zero-order valence-electron chi connectivity index (χ0n) is 13.9. The van der Waals surface area contributed by atoms with Gasteiger partial charge < -0.3 is 9.64 Å². The van der Waals surface area contributed by atoms with Crippen LogP contribution >= 0.6 is 11.6 Å². The van der Waals surface area contributed by atoms with Gasteiger partial charge >= 0.3 is 0 Å². The van der Waals surface area contributed by atoms with Gasteiger partial charge in [0.2, 0.25) is 0 Å². The molecule has 0 unspecified atom stereocenters. The topological polar surface area (TPSA) is 15.7 Å². The van der Waals surface area contributed by atoms with Crippen molar-refractivity contribution in [3.05, 3.63) is 41.4 Å². The number of nitrogens with zero attached hydrogens (tertiary/aromatic N) is 2. The van der Waals surface area contributed by atoms with E-state index < -0.39 is 0 Å². The van der Waals surface area contributed by atoms with Gasteiger partial charge in [0.25, 0.3) is 0 Å². The van der Waals surface area contributed by atoms with Gasteiger partial charge in [-0.1, -0.05) is 35.9 Å². The van der Waals surface area contributed by atoms with Crippen LogP contribution in [-0.2, 0) is 0 Å². The summed E-state index contributed by atoms with van der Waals surface area (Å²) in [5.41, 5.74) is 0. The molecule has 1 fully saturated rings. The predicted octanol–water partition coefficient (Wildman–Crippen LogP) is 3.85. The maximum atomic E-state index is 12.2. The second-order valence-corrected chi connectivity index (χ2v) is 6.57. The lowest BCUT2D eigenvalue weighted by Gasteiger charge is -2.34. The summed E-state index contributed by atoms with van der Waals surface area (Å²) in [6.07, 6.45) is 0.646. The molecule has 0 radical (unpaired) electrons.